The van der Waals surface area contributed by atoms with E-state index in [2.05, 4.69) is 0 Å². The minimum absolute atomic E-state index is 0.138. The second-order valence-corrected chi connectivity index (χ2v) is 11.5. The molecule has 198 valence electrons. The Morgan fingerprint density at radius 2 is 1.54 bits per heavy atom. The normalized spacial score (nSPS) is 12.5. The summed E-state index contributed by atoms with van der Waals surface area (Å²) in [6.07, 6.45) is 0. The lowest BCUT2D eigenvalue weighted by molar-refractivity contribution is 0.379. The zero-order chi connectivity index (χ0) is 27.7. The first kappa shape index (κ1) is 26.6. The zero-order valence-corrected chi connectivity index (χ0v) is 23.1. The lowest BCUT2D eigenvalue weighted by atomic mass is 10.1. The third-order valence-corrected chi connectivity index (χ3v) is 8.92. The number of hydrogen-bond acceptors (Lipinski definition) is 5. The maximum Gasteiger partial charge on any atom is 0.266 e. The number of halogens is 1. The van der Waals surface area contributed by atoms with Gasteiger partial charge in [0, 0.05) is 12.1 Å². The first-order valence-electron chi connectivity index (χ1n) is 12.2. The van der Waals surface area contributed by atoms with Crippen molar-refractivity contribution in [3.63, 3.8) is 0 Å². The molecule has 1 atom stereocenters. The molecule has 0 bridgehead atoms. The second kappa shape index (κ2) is 10.6. The summed E-state index contributed by atoms with van der Waals surface area (Å²) in [6.45, 7) is 1.70. The molecule has 0 saturated carbocycles. The van der Waals surface area contributed by atoms with Gasteiger partial charge in [-0.15, -0.1) is 0 Å². The van der Waals surface area contributed by atoms with Crippen molar-refractivity contribution in [2.24, 2.45) is 0 Å². The minimum atomic E-state index is -3.94. The molecule has 4 aromatic carbocycles. The van der Waals surface area contributed by atoms with Crippen molar-refractivity contribution < 1.29 is 13.2 Å². The Balaban J connectivity index is 1.59. The van der Waals surface area contributed by atoms with Gasteiger partial charge in [-0.3, -0.25) is 9.36 Å². The molecule has 0 aliphatic heterocycles. The molecule has 5 aromatic rings. The van der Waals surface area contributed by atoms with E-state index in [4.69, 9.17) is 21.3 Å². The maximum absolute atomic E-state index is 13.7. The van der Waals surface area contributed by atoms with E-state index in [1.165, 1.54) is 15.9 Å². The van der Waals surface area contributed by atoms with Gasteiger partial charge in [-0.25, -0.2) is 13.4 Å². The van der Waals surface area contributed by atoms with Gasteiger partial charge in [0.05, 0.1) is 34.6 Å². The Labute approximate surface area is 231 Å². The van der Waals surface area contributed by atoms with Gasteiger partial charge in [0.15, 0.2) is 0 Å². The Hall–Kier alpha value is -3.98. The third-order valence-electron chi connectivity index (χ3n) is 6.75. The van der Waals surface area contributed by atoms with Crippen LogP contribution in [-0.4, -0.2) is 36.4 Å². The summed E-state index contributed by atoms with van der Waals surface area (Å²) >= 11 is 6.20. The van der Waals surface area contributed by atoms with Gasteiger partial charge in [-0.2, -0.15) is 4.31 Å². The van der Waals surface area contributed by atoms with Crippen LogP contribution in [0.2, 0.25) is 5.02 Å². The molecule has 0 saturated heterocycles. The van der Waals surface area contributed by atoms with Gasteiger partial charge in [-0.05, 0) is 72.6 Å². The predicted molar refractivity (Wildman–Crippen MR) is 154 cm³/mol. The van der Waals surface area contributed by atoms with Crippen LogP contribution in [0.15, 0.2) is 107 Å². The summed E-state index contributed by atoms with van der Waals surface area (Å²) in [7, 11) is -0.896. The standard InChI is InChI=1S/C30H26ClN3O4S/c1-20(33(2)39(36,37)26-16-9-22(10-17-26)21-7-5-4-6-8-21)29-32-28-19-23(31)11-18-27(28)30(35)34(29)24-12-14-25(38-3)15-13-24/h4-20H,1-3H3. The number of nitrogens with zero attached hydrogens (tertiary/aromatic N) is 3. The highest BCUT2D eigenvalue weighted by atomic mass is 35.5. The van der Waals surface area contributed by atoms with Crippen LogP contribution >= 0.6 is 11.6 Å². The Bertz CT molecular complexity index is 1800. The van der Waals surface area contributed by atoms with Gasteiger partial charge in [-0.1, -0.05) is 54.1 Å². The molecule has 0 spiro atoms. The van der Waals surface area contributed by atoms with Crippen molar-refractivity contribution in [2.45, 2.75) is 17.9 Å². The number of sulfonamides is 1. The molecule has 1 unspecified atom stereocenters. The highest BCUT2D eigenvalue weighted by Gasteiger charge is 2.30. The van der Waals surface area contributed by atoms with E-state index in [0.29, 0.717) is 27.4 Å². The fourth-order valence-corrected chi connectivity index (χ4v) is 5.91. The summed E-state index contributed by atoms with van der Waals surface area (Å²) in [4.78, 5) is 18.6. The fourth-order valence-electron chi connectivity index (χ4n) is 4.42. The molecule has 0 radical (unpaired) electrons. The molecule has 7 nitrogen and oxygen atoms in total. The van der Waals surface area contributed by atoms with E-state index < -0.39 is 16.1 Å². The summed E-state index contributed by atoms with van der Waals surface area (Å²) in [6, 6.07) is 27.4. The van der Waals surface area contributed by atoms with E-state index in [1.54, 1.807) is 80.8 Å². The van der Waals surface area contributed by atoms with Crippen molar-refractivity contribution in [1.82, 2.24) is 13.9 Å². The van der Waals surface area contributed by atoms with E-state index in [9.17, 15) is 13.2 Å². The molecule has 0 amide bonds. The average molecular weight is 560 g/mol. The largest absolute Gasteiger partial charge is 0.497 e. The van der Waals surface area contributed by atoms with Crippen LogP contribution in [0.25, 0.3) is 27.7 Å². The summed E-state index contributed by atoms with van der Waals surface area (Å²) in [5, 5.41) is 0.794. The van der Waals surface area contributed by atoms with Crippen molar-refractivity contribution in [3.05, 3.63) is 118 Å². The van der Waals surface area contributed by atoms with E-state index in [0.717, 1.165) is 11.1 Å². The van der Waals surface area contributed by atoms with Crippen molar-refractivity contribution in [2.75, 3.05) is 14.2 Å². The van der Waals surface area contributed by atoms with Crippen molar-refractivity contribution in [1.29, 1.82) is 0 Å². The molecule has 9 heteroatoms. The smallest absolute Gasteiger partial charge is 0.266 e. The average Bonchev–Trinajstić information content (AvgIpc) is 2.96. The van der Waals surface area contributed by atoms with Crippen LogP contribution < -0.4 is 10.3 Å². The van der Waals surface area contributed by atoms with Gasteiger partial charge < -0.3 is 4.74 Å². The number of aromatic nitrogens is 2. The third kappa shape index (κ3) is 5.06. The highest BCUT2D eigenvalue weighted by molar-refractivity contribution is 7.89. The van der Waals surface area contributed by atoms with Crippen LogP contribution in [0.4, 0.5) is 0 Å². The zero-order valence-electron chi connectivity index (χ0n) is 21.6. The van der Waals surface area contributed by atoms with E-state index in [-0.39, 0.29) is 16.3 Å². The quantitative estimate of drug-likeness (QED) is 0.241. The van der Waals surface area contributed by atoms with E-state index >= 15 is 0 Å². The van der Waals surface area contributed by atoms with Gasteiger partial charge in [0.2, 0.25) is 10.0 Å². The lowest BCUT2D eigenvalue weighted by Crippen LogP contribution is -2.35. The minimum Gasteiger partial charge on any atom is -0.497 e. The Kier molecular flexibility index (Phi) is 7.27. The first-order chi connectivity index (χ1) is 18.7. The second-order valence-electron chi connectivity index (χ2n) is 9.06. The van der Waals surface area contributed by atoms with Crippen LogP contribution in [0.3, 0.4) is 0 Å². The number of methoxy groups -OCH3 is 1. The number of hydrogen-bond donors (Lipinski definition) is 0. The number of fused-ring (bicyclic) bond motifs is 1. The highest BCUT2D eigenvalue weighted by Crippen LogP contribution is 2.29. The molecule has 5 rings (SSSR count). The molecule has 0 aliphatic carbocycles. The van der Waals surface area contributed by atoms with Gasteiger partial charge in [0.25, 0.3) is 5.56 Å². The van der Waals surface area contributed by atoms with Crippen molar-refractivity contribution >= 4 is 32.5 Å². The molecule has 39 heavy (non-hydrogen) atoms. The SMILES string of the molecule is COc1ccc(-n2c(C(C)N(C)S(=O)(=O)c3ccc(-c4ccccc4)cc3)nc3cc(Cl)ccc3c2=O)cc1. The Morgan fingerprint density at radius 3 is 2.18 bits per heavy atom. The molecule has 0 N–H and O–H groups in total. The summed E-state index contributed by atoms with van der Waals surface area (Å²) in [5.41, 5.74) is 2.49. The first-order valence-corrected chi connectivity index (χ1v) is 14.0. The lowest BCUT2D eigenvalue weighted by Gasteiger charge is -2.26. The number of benzene rings is 4. The molecule has 1 heterocycles. The predicted octanol–water partition coefficient (Wildman–Crippen LogP) is 6.10. The van der Waals surface area contributed by atoms with Crippen LogP contribution in [0, 0.1) is 0 Å². The van der Waals surface area contributed by atoms with Gasteiger partial charge in [0.1, 0.15) is 11.6 Å². The molecule has 1 aromatic heterocycles. The monoisotopic (exact) mass is 559 g/mol. The molecule has 0 fully saturated rings. The number of rotatable bonds is 7. The van der Waals surface area contributed by atoms with Crippen LogP contribution in [0.5, 0.6) is 5.75 Å². The van der Waals surface area contributed by atoms with Crippen LogP contribution in [-0.2, 0) is 10.0 Å². The molecular formula is C30H26ClN3O4S. The van der Waals surface area contributed by atoms with Gasteiger partial charge >= 0.3 is 0 Å². The molecule has 0 aliphatic rings. The van der Waals surface area contributed by atoms with Crippen LogP contribution in [0.1, 0.15) is 18.8 Å². The number of ether oxygens (including phenoxy) is 1. The molecular weight excluding hydrogens is 534 g/mol. The van der Waals surface area contributed by atoms with Crippen molar-refractivity contribution in [3.8, 4) is 22.6 Å². The topological polar surface area (TPSA) is 81.5 Å². The Morgan fingerprint density at radius 1 is 0.897 bits per heavy atom. The summed E-state index contributed by atoms with van der Waals surface area (Å²) < 4.78 is 35.3. The van der Waals surface area contributed by atoms with E-state index in [1.807, 2.05) is 30.3 Å². The summed E-state index contributed by atoms with van der Waals surface area (Å²) in [5.74, 6) is 0.882. The maximum atomic E-state index is 13.7. The fraction of sp³-hybridized carbons (Fsp3) is 0.133.